The van der Waals surface area contributed by atoms with Gasteiger partial charge in [-0.3, -0.25) is 9.59 Å². The Labute approximate surface area is 167 Å². The first-order chi connectivity index (χ1) is 12.9. The van der Waals surface area contributed by atoms with E-state index < -0.39 is 11.8 Å². The minimum Gasteiger partial charge on any atom is -0.494 e. The molecule has 2 aromatic rings. The van der Waals surface area contributed by atoms with Crippen LogP contribution in [0.25, 0.3) is 0 Å². The number of methoxy groups -OCH3 is 1. The number of carbonyl (C=O) groups excluding carboxylic acids is 2. The Hall–Kier alpha value is -2.50. The predicted octanol–water partition coefficient (Wildman–Crippen LogP) is 4.66. The van der Waals surface area contributed by atoms with Crippen LogP contribution in [0, 0.1) is 6.92 Å². The van der Waals surface area contributed by atoms with Crippen LogP contribution < -0.4 is 15.0 Å². The Balaban J connectivity index is 1.95. The summed E-state index contributed by atoms with van der Waals surface area (Å²) in [4.78, 5) is 26.6. The lowest BCUT2D eigenvalue weighted by atomic mass is 10.1. The van der Waals surface area contributed by atoms with Gasteiger partial charge in [0.25, 0.3) is 11.8 Å². The molecule has 7 heteroatoms. The molecule has 1 heterocycles. The second-order valence-electron chi connectivity index (χ2n) is 6.08. The second-order valence-corrected chi connectivity index (χ2v) is 6.87. The molecule has 0 bridgehead atoms. The van der Waals surface area contributed by atoms with Crippen molar-refractivity contribution in [3.8, 4) is 5.75 Å². The van der Waals surface area contributed by atoms with Gasteiger partial charge in [-0.15, -0.1) is 0 Å². The zero-order valence-electron chi connectivity index (χ0n) is 15.1. The molecule has 1 aliphatic rings. The summed E-state index contributed by atoms with van der Waals surface area (Å²) in [7, 11) is 1.44. The average molecular weight is 405 g/mol. The highest BCUT2D eigenvalue weighted by atomic mass is 35.5. The summed E-state index contributed by atoms with van der Waals surface area (Å²) >= 11 is 12.3. The van der Waals surface area contributed by atoms with Gasteiger partial charge in [0.15, 0.2) is 0 Å². The van der Waals surface area contributed by atoms with Crippen molar-refractivity contribution in [2.45, 2.75) is 20.3 Å². The van der Waals surface area contributed by atoms with E-state index in [4.69, 9.17) is 27.9 Å². The van der Waals surface area contributed by atoms with Gasteiger partial charge < -0.3 is 10.1 Å². The fourth-order valence-corrected chi connectivity index (χ4v) is 3.15. The molecule has 140 valence electrons. The molecule has 5 nitrogen and oxygen atoms in total. The second kappa shape index (κ2) is 7.62. The number of anilines is 2. The molecule has 0 aromatic heterocycles. The van der Waals surface area contributed by atoms with Crippen molar-refractivity contribution >= 4 is 46.4 Å². The van der Waals surface area contributed by atoms with Crippen molar-refractivity contribution in [1.82, 2.24) is 0 Å². The molecule has 0 aliphatic carbocycles. The molecule has 0 spiro atoms. The minimum atomic E-state index is -0.616. The van der Waals surface area contributed by atoms with Crippen LogP contribution in [0.15, 0.2) is 47.1 Å². The van der Waals surface area contributed by atoms with Crippen LogP contribution in [-0.4, -0.2) is 18.9 Å². The Morgan fingerprint density at radius 2 is 1.74 bits per heavy atom. The number of carbonyl (C=O) groups is 2. The first-order valence-corrected chi connectivity index (χ1v) is 9.11. The smallest absolute Gasteiger partial charge is 0.283 e. The molecule has 0 atom stereocenters. The van der Waals surface area contributed by atoms with Crippen molar-refractivity contribution in [1.29, 1.82) is 0 Å². The lowest BCUT2D eigenvalue weighted by Gasteiger charge is -2.19. The van der Waals surface area contributed by atoms with Crippen molar-refractivity contribution < 1.29 is 14.3 Å². The molecule has 0 radical (unpaired) electrons. The molecular weight excluding hydrogens is 387 g/mol. The topological polar surface area (TPSA) is 58.6 Å². The molecule has 1 aliphatic heterocycles. The van der Waals surface area contributed by atoms with Crippen molar-refractivity contribution in [2.75, 3.05) is 17.3 Å². The Bertz CT molecular complexity index is 952. The number of amides is 2. The normalized spacial score (nSPS) is 14.2. The lowest BCUT2D eigenvalue weighted by Crippen LogP contribution is -2.32. The molecule has 2 aromatic carbocycles. The van der Waals surface area contributed by atoms with E-state index in [2.05, 4.69) is 12.2 Å². The van der Waals surface area contributed by atoms with E-state index >= 15 is 0 Å². The summed E-state index contributed by atoms with van der Waals surface area (Å²) in [5, 5.41) is 3.26. The zero-order chi connectivity index (χ0) is 19.7. The first kappa shape index (κ1) is 19.3. The summed E-state index contributed by atoms with van der Waals surface area (Å²) in [6.45, 7) is 3.83. The Morgan fingerprint density at radius 3 is 2.33 bits per heavy atom. The summed E-state index contributed by atoms with van der Waals surface area (Å²) in [5.74, 6) is -0.857. The number of aryl methyl sites for hydroxylation is 2. The number of imide groups is 1. The molecule has 0 saturated carbocycles. The number of ether oxygens (including phenoxy) is 1. The maximum atomic E-state index is 12.9. The van der Waals surface area contributed by atoms with Gasteiger partial charge >= 0.3 is 0 Å². The van der Waals surface area contributed by atoms with Gasteiger partial charge in [0.2, 0.25) is 0 Å². The third-order valence-corrected chi connectivity index (χ3v) is 5.12. The third-order valence-electron chi connectivity index (χ3n) is 4.36. The number of halogens is 2. The van der Waals surface area contributed by atoms with Crippen LogP contribution >= 0.6 is 23.2 Å². The van der Waals surface area contributed by atoms with Crippen molar-refractivity contribution in [3.05, 3.63) is 63.3 Å². The number of nitrogens with one attached hydrogen (secondary N) is 1. The molecule has 1 N–H and O–H groups in total. The SMILES string of the molecule is CCc1ccc(NC2=C(Cl)C(=O)N(c3cc(C)c(Cl)cc3OC)C2=O)cc1. The number of benzene rings is 2. The van der Waals surface area contributed by atoms with E-state index in [1.165, 1.54) is 7.11 Å². The Kier molecular flexibility index (Phi) is 5.44. The highest BCUT2D eigenvalue weighted by Crippen LogP contribution is 2.38. The molecule has 2 amide bonds. The van der Waals surface area contributed by atoms with Crippen LogP contribution in [0.5, 0.6) is 5.75 Å². The lowest BCUT2D eigenvalue weighted by molar-refractivity contribution is -0.120. The summed E-state index contributed by atoms with van der Waals surface area (Å²) < 4.78 is 5.29. The maximum absolute atomic E-state index is 12.9. The standard InChI is InChI=1S/C20H18Cl2N2O3/c1-4-12-5-7-13(8-6-12)23-18-17(22)19(25)24(20(18)26)15-9-11(2)14(21)10-16(15)27-3/h5-10,23H,4H2,1-3H3. The zero-order valence-corrected chi connectivity index (χ0v) is 16.6. The molecular formula is C20H18Cl2N2O3. The van der Waals surface area contributed by atoms with E-state index in [0.29, 0.717) is 27.7 Å². The summed E-state index contributed by atoms with van der Waals surface area (Å²) in [5.41, 5.74) is 2.87. The van der Waals surface area contributed by atoms with E-state index in [1.807, 2.05) is 24.3 Å². The van der Waals surface area contributed by atoms with Gasteiger partial charge in [0.1, 0.15) is 16.5 Å². The molecule has 3 rings (SSSR count). The summed E-state index contributed by atoms with van der Waals surface area (Å²) in [6.07, 6.45) is 0.907. The molecule has 27 heavy (non-hydrogen) atoms. The van der Waals surface area contributed by atoms with Crippen LogP contribution in [0.1, 0.15) is 18.1 Å². The quantitative estimate of drug-likeness (QED) is 0.736. The van der Waals surface area contributed by atoms with Crippen molar-refractivity contribution in [3.63, 3.8) is 0 Å². The Morgan fingerprint density at radius 1 is 1.07 bits per heavy atom. The number of rotatable bonds is 5. The van der Waals surface area contributed by atoms with Crippen LogP contribution in [0.2, 0.25) is 5.02 Å². The molecule has 0 fully saturated rings. The number of nitrogens with zero attached hydrogens (tertiary/aromatic N) is 1. The predicted molar refractivity (Wildman–Crippen MR) is 108 cm³/mol. The van der Waals surface area contributed by atoms with Gasteiger partial charge in [0.05, 0.1) is 12.8 Å². The van der Waals surface area contributed by atoms with Crippen LogP contribution in [-0.2, 0) is 16.0 Å². The largest absolute Gasteiger partial charge is 0.494 e. The average Bonchev–Trinajstić information content (AvgIpc) is 2.87. The molecule has 0 unspecified atom stereocenters. The van der Waals surface area contributed by atoms with E-state index in [1.54, 1.807) is 19.1 Å². The first-order valence-electron chi connectivity index (χ1n) is 8.36. The van der Waals surface area contributed by atoms with Crippen LogP contribution in [0.4, 0.5) is 11.4 Å². The fourth-order valence-electron chi connectivity index (χ4n) is 2.78. The van der Waals surface area contributed by atoms with Crippen molar-refractivity contribution in [2.24, 2.45) is 0 Å². The molecule has 0 saturated heterocycles. The van der Waals surface area contributed by atoms with E-state index in [0.717, 1.165) is 16.9 Å². The number of hydrogen-bond acceptors (Lipinski definition) is 4. The third kappa shape index (κ3) is 3.53. The highest BCUT2D eigenvalue weighted by Gasteiger charge is 2.40. The van der Waals surface area contributed by atoms with Gasteiger partial charge in [-0.25, -0.2) is 4.90 Å². The fraction of sp³-hybridized carbons (Fsp3) is 0.200. The monoisotopic (exact) mass is 404 g/mol. The van der Waals surface area contributed by atoms with Crippen LogP contribution in [0.3, 0.4) is 0 Å². The maximum Gasteiger partial charge on any atom is 0.283 e. The summed E-state index contributed by atoms with van der Waals surface area (Å²) in [6, 6.07) is 10.8. The van der Waals surface area contributed by atoms with E-state index in [-0.39, 0.29) is 10.7 Å². The van der Waals surface area contributed by atoms with E-state index in [9.17, 15) is 9.59 Å². The van der Waals surface area contributed by atoms with Gasteiger partial charge in [0, 0.05) is 16.8 Å². The number of hydrogen-bond donors (Lipinski definition) is 1. The van der Waals surface area contributed by atoms with Gasteiger partial charge in [-0.1, -0.05) is 42.3 Å². The minimum absolute atomic E-state index is 0.0283. The van der Waals surface area contributed by atoms with Gasteiger partial charge in [-0.2, -0.15) is 0 Å². The van der Waals surface area contributed by atoms with Gasteiger partial charge in [-0.05, 0) is 42.7 Å². The highest BCUT2D eigenvalue weighted by molar-refractivity contribution is 6.53.